The summed E-state index contributed by atoms with van der Waals surface area (Å²) >= 11 is 0. The van der Waals surface area contributed by atoms with Crippen LogP contribution in [-0.4, -0.2) is 20.7 Å². The van der Waals surface area contributed by atoms with Crippen LogP contribution in [0.3, 0.4) is 0 Å². The fourth-order valence-corrected chi connectivity index (χ4v) is 2.49. The highest BCUT2D eigenvalue weighted by atomic mass is 19.1. The summed E-state index contributed by atoms with van der Waals surface area (Å²) < 4.78 is 16.0. The Morgan fingerprint density at radius 2 is 1.96 bits per heavy atom. The molecule has 0 radical (unpaired) electrons. The smallest absolute Gasteiger partial charge is 0.256 e. The number of hydrogen-bond acceptors (Lipinski definition) is 3. The van der Waals surface area contributed by atoms with E-state index in [9.17, 15) is 9.18 Å². The van der Waals surface area contributed by atoms with Gasteiger partial charge in [0.15, 0.2) is 0 Å². The third kappa shape index (κ3) is 3.03. The van der Waals surface area contributed by atoms with Crippen molar-refractivity contribution >= 4 is 11.7 Å². The summed E-state index contributed by atoms with van der Waals surface area (Å²) in [4.78, 5) is 16.4. The zero-order valence-electron chi connectivity index (χ0n) is 13.7. The fraction of sp³-hybridized carbons (Fsp3) is 0.167. The van der Waals surface area contributed by atoms with Gasteiger partial charge in [-0.2, -0.15) is 5.10 Å². The highest BCUT2D eigenvalue weighted by Crippen LogP contribution is 2.18. The van der Waals surface area contributed by atoms with Crippen LogP contribution in [-0.2, 0) is 0 Å². The summed E-state index contributed by atoms with van der Waals surface area (Å²) in [6, 6.07) is 9.82. The van der Waals surface area contributed by atoms with E-state index in [1.807, 2.05) is 32.9 Å². The summed E-state index contributed by atoms with van der Waals surface area (Å²) in [7, 11) is 0. The van der Waals surface area contributed by atoms with Gasteiger partial charge in [-0.25, -0.2) is 14.1 Å². The molecule has 3 rings (SSSR count). The van der Waals surface area contributed by atoms with E-state index in [-0.39, 0.29) is 5.56 Å². The Hall–Kier alpha value is -3.02. The van der Waals surface area contributed by atoms with Gasteiger partial charge in [-0.15, -0.1) is 0 Å². The van der Waals surface area contributed by atoms with Crippen LogP contribution >= 0.6 is 0 Å². The van der Waals surface area contributed by atoms with Gasteiger partial charge in [-0.3, -0.25) is 4.79 Å². The van der Waals surface area contributed by atoms with Gasteiger partial charge >= 0.3 is 0 Å². The minimum absolute atomic E-state index is 0.225. The van der Waals surface area contributed by atoms with Crippen molar-refractivity contribution < 1.29 is 9.18 Å². The molecular weight excluding hydrogens is 307 g/mol. The normalized spacial score (nSPS) is 10.7. The third-order valence-electron chi connectivity index (χ3n) is 3.69. The number of halogens is 1. The number of carbonyl (C=O) groups is 1. The molecule has 1 N–H and O–H groups in total. The van der Waals surface area contributed by atoms with Crippen molar-refractivity contribution in [3.8, 4) is 5.69 Å². The number of pyridine rings is 1. The second-order valence-electron chi connectivity index (χ2n) is 5.63. The predicted molar refractivity (Wildman–Crippen MR) is 89.9 cm³/mol. The second kappa shape index (κ2) is 6.23. The first-order valence-corrected chi connectivity index (χ1v) is 7.52. The van der Waals surface area contributed by atoms with Crippen LogP contribution < -0.4 is 5.32 Å². The molecule has 0 fully saturated rings. The van der Waals surface area contributed by atoms with Crippen LogP contribution in [0.25, 0.3) is 5.69 Å². The minimum atomic E-state index is -0.508. The van der Waals surface area contributed by atoms with Crippen molar-refractivity contribution in [3.63, 3.8) is 0 Å². The lowest BCUT2D eigenvalue weighted by Gasteiger charge is -2.09. The van der Waals surface area contributed by atoms with Crippen molar-refractivity contribution in [3.05, 3.63) is 70.9 Å². The van der Waals surface area contributed by atoms with Gasteiger partial charge in [-0.1, -0.05) is 6.07 Å². The molecule has 0 saturated heterocycles. The van der Waals surface area contributed by atoms with Crippen LogP contribution in [0.1, 0.15) is 27.3 Å². The minimum Gasteiger partial charge on any atom is -0.306 e. The van der Waals surface area contributed by atoms with Gasteiger partial charge in [0.1, 0.15) is 17.3 Å². The number of amides is 1. The number of rotatable bonds is 3. The maximum atomic E-state index is 14.4. The molecule has 0 bridgehead atoms. The summed E-state index contributed by atoms with van der Waals surface area (Å²) in [5.74, 6) is -0.451. The van der Waals surface area contributed by atoms with Crippen molar-refractivity contribution in [2.75, 3.05) is 5.32 Å². The molecule has 2 aromatic heterocycles. The topological polar surface area (TPSA) is 59.8 Å². The van der Waals surface area contributed by atoms with Crippen LogP contribution in [0.2, 0.25) is 0 Å². The number of hydrogen-bond donors (Lipinski definition) is 1. The fourth-order valence-electron chi connectivity index (χ4n) is 2.49. The van der Waals surface area contributed by atoms with Gasteiger partial charge in [0.2, 0.25) is 0 Å². The average molecular weight is 324 g/mol. The van der Waals surface area contributed by atoms with Crippen molar-refractivity contribution in [1.29, 1.82) is 0 Å². The number of aromatic nitrogens is 3. The molecule has 1 aromatic carbocycles. The van der Waals surface area contributed by atoms with Crippen molar-refractivity contribution in [2.45, 2.75) is 20.8 Å². The van der Waals surface area contributed by atoms with E-state index in [1.54, 1.807) is 24.4 Å². The van der Waals surface area contributed by atoms with E-state index in [4.69, 9.17) is 0 Å². The van der Waals surface area contributed by atoms with E-state index in [0.717, 1.165) is 17.0 Å². The summed E-state index contributed by atoms with van der Waals surface area (Å²) in [6.07, 6.45) is 1.59. The molecule has 0 saturated carbocycles. The van der Waals surface area contributed by atoms with Gasteiger partial charge in [0.05, 0.1) is 5.69 Å². The Bertz CT molecular complexity index is 917. The quantitative estimate of drug-likeness (QED) is 0.801. The summed E-state index contributed by atoms with van der Waals surface area (Å²) in [5, 5.41) is 6.95. The SMILES string of the molecule is Cc1cc(C)n(-c2ccc(C(=O)Nc3ncccc3C)cc2F)n1. The standard InChI is InChI=1S/C18H17FN4O/c1-11-5-4-8-20-17(11)21-18(24)14-6-7-16(15(19)10-14)23-13(3)9-12(2)22-23/h4-10H,1-3H3,(H,20,21,24). The zero-order chi connectivity index (χ0) is 17.3. The molecule has 6 heteroatoms. The van der Waals surface area contributed by atoms with Crippen LogP contribution in [0.15, 0.2) is 42.6 Å². The zero-order valence-corrected chi connectivity index (χ0v) is 13.7. The van der Waals surface area contributed by atoms with E-state index in [0.29, 0.717) is 11.5 Å². The first kappa shape index (κ1) is 15.9. The van der Waals surface area contributed by atoms with E-state index in [1.165, 1.54) is 10.7 Å². The molecule has 122 valence electrons. The lowest BCUT2D eigenvalue weighted by molar-refractivity contribution is 0.102. The molecule has 0 aliphatic rings. The lowest BCUT2D eigenvalue weighted by Crippen LogP contribution is -2.14. The number of anilines is 1. The van der Waals surface area contributed by atoms with Crippen LogP contribution in [0.5, 0.6) is 0 Å². The molecule has 0 unspecified atom stereocenters. The maximum Gasteiger partial charge on any atom is 0.256 e. The number of nitrogens with zero attached hydrogens (tertiary/aromatic N) is 3. The van der Waals surface area contributed by atoms with Gasteiger partial charge < -0.3 is 5.32 Å². The van der Waals surface area contributed by atoms with Gasteiger partial charge in [0, 0.05) is 17.5 Å². The van der Waals surface area contributed by atoms with Crippen molar-refractivity contribution in [1.82, 2.24) is 14.8 Å². The predicted octanol–water partition coefficient (Wildman–Crippen LogP) is 3.58. The highest BCUT2D eigenvalue weighted by molar-refractivity contribution is 6.04. The van der Waals surface area contributed by atoms with Crippen LogP contribution in [0.4, 0.5) is 10.2 Å². The molecule has 0 atom stereocenters. The molecule has 1 amide bonds. The number of benzene rings is 1. The molecule has 3 aromatic rings. The first-order valence-electron chi connectivity index (χ1n) is 7.52. The molecular formula is C18H17FN4O. The number of aryl methyl sites for hydroxylation is 3. The maximum absolute atomic E-state index is 14.4. The second-order valence-corrected chi connectivity index (χ2v) is 5.63. The summed E-state index contributed by atoms with van der Waals surface area (Å²) in [6.45, 7) is 5.54. The van der Waals surface area contributed by atoms with Crippen molar-refractivity contribution in [2.24, 2.45) is 0 Å². The first-order chi connectivity index (χ1) is 11.5. The Kier molecular flexibility index (Phi) is 4.12. The Morgan fingerprint density at radius 1 is 1.17 bits per heavy atom. The molecule has 5 nitrogen and oxygen atoms in total. The number of nitrogens with one attached hydrogen (secondary N) is 1. The number of carbonyl (C=O) groups excluding carboxylic acids is 1. The molecule has 2 heterocycles. The van der Waals surface area contributed by atoms with E-state index in [2.05, 4.69) is 15.4 Å². The molecule has 24 heavy (non-hydrogen) atoms. The lowest BCUT2D eigenvalue weighted by atomic mass is 10.1. The summed E-state index contributed by atoms with van der Waals surface area (Å²) in [5.41, 5.74) is 3.01. The Balaban J connectivity index is 1.88. The van der Waals surface area contributed by atoms with E-state index < -0.39 is 11.7 Å². The van der Waals surface area contributed by atoms with Gasteiger partial charge in [0.25, 0.3) is 5.91 Å². The Morgan fingerprint density at radius 3 is 2.58 bits per heavy atom. The molecule has 0 aliphatic heterocycles. The average Bonchev–Trinajstić information content (AvgIpc) is 2.87. The van der Waals surface area contributed by atoms with E-state index >= 15 is 0 Å². The molecule has 0 aliphatic carbocycles. The Labute approximate surface area is 139 Å². The molecule has 0 spiro atoms. The monoisotopic (exact) mass is 324 g/mol. The third-order valence-corrected chi connectivity index (χ3v) is 3.69. The van der Waals surface area contributed by atoms with Gasteiger partial charge in [-0.05, 0) is 56.7 Å². The van der Waals surface area contributed by atoms with Crippen LogP contribution in [0, 0.1) is 26.6 Å². The largest absolute Gasteiger partial charge is 0.306 e. The highest BCUT2D eigenvalue weighted by Gasteiger charge is 2.14.